The number of carbonyl (C=O) groups is 1. The van der Waals surface area contributed by atoms with Crippen molar-refractivity contribution in [1.82, 2.24) is 10.6 Å². The minimum atomic E-state index is -0.461. The molecule has 2 aromatic carbocycles. The normalized spacial score (nSPS) is 17.5. The number of amides is 1. The fraction of sp³-hybridized carbons (Fsp3) is 0.350. The van der Waals surface area contributed by atoms with E-state index in [2.05, 4.69) is 10.6 Å². The van der Waals surface area contributed by atoms with Gasteiger partial charge in [-0.1, -0.05) is 24.3 Å². The van der Waals surface area contributed by atoms with Crippen LogP contribution in [0.15, 0.2) is 48.5 Å². The molecular formula is C20H24N2O4. The van der Waals surface area contributed by atoms with Crippen LogP contribution in [0.4, 0.5) is 0 Å². The summed E-state index contributed by atoms with van der Waals surface area (Å²) in [4.78, 5) is 11.6. The summed E-state index contributed by atoms with van der Waals surface area (Å²) >= 11 is 0. The molecule has 2 unspecified atom stereocenters. The van der Waals surface area contributed by atoms with E-state index >= 15 is 0 Å². The Morgan fingerprint density at radius 1 is 1.15 bits per heavy atom. The van der Waals surface area contributed by atoms with Crippen molar-refractivity contribution < 1.29 is 19.0 Å². The van der Waals surface area contributed by atoms with Crippen LogP contribution < -0.4 is 24.8 Å². The predicted molar refractivity (Wildman–Crippen MR) is 98.4 cm³/mol. The number of benzene rings is 2. The molecule has 6 nitrogen and oxygen atoms in total. The molecule has 0 radical (unpaired) electrons. The van der Waals surface area contributed by atoms with E-state index in [-0.39, 0.29) is 11.9 Å². The summed E-state index contributed by atoms with van der Waals surface area (Å²) in [5.41, 5.74) is 1.02. The molecule has 2 aromatic rings. The second-order valence-electron chi connectivity index (χ2n) is 6.11. The van der Waals surface area contributed by atoms with Gasteiger partial charge in [0.2, 0.25) is 12.2 Å². The molecule has 0 bridgehead atoms. The quantitative estimate of drug-likeness (QED) is 0.711. The van der Waals surface area contributed by atoms with Gasteiger partial charge in [0, 0.05) is 20.0 Å². The number of nitrogens with one attached hydrogen (secondary N) is 2. The summed E-state index contributed by atoms with van der Waals surface area (Å²) in [5, 5.41) is 6.08. The van der Waals surface area contributed by atoms with Gasteiger partial charge in [-0.3, -0.25) is 4.79 Å². The van der Waals surface area contributed by atoms with Crippen LogP contribution in [0.25, 0.3) is 0 Å². The molecule has 0 aliphatic carbocycles. The Labute approximate surface area is 153 Å². The number of carbonyl (C=O) groups excluding carboxylic acids is 1. The highest BCUT2D eigenvalue weighted by Gasteiger charge is 2.23. The summed E-state index contributed by atoms with van der Waals surface area (Å²) in [6.07, 6.45) is 0.350. The zero-order valence-corrected chi connectivity index (χ0v) is 15.0. The third kappa shape index (κ3) is 4.67. The van der Waals surface area contributed by atoms with Crippen LogP contribution in [0.2, 0.25) is 0 Å². The standard InChI is InChI=1S/C20H24N2O4/c1-14(25-16-6-4-3-5-7-16)26-18-9-8-15(12-19(18)24-2)13-22-17-10-11-21-20(17)23/h3-9,12,14,17,22H,10-11,13H2,1-2H3,(H,21,23). The van der Waals surface area contributed by atoms with Gasteiger partial charge in [0.1, 0.15) is 5.75 Å². The van der Waals surface area contributed by atoms with Crippen LogP contribution in [0.3, 0.4) is 0 Å². The molecule has 6 heteroatoms. The van der Waals surface area contributed by atoms with Crippen LogP contribution in [0, 0.1) is 0 Å². The lowest BCUT2D eigenvalue weighted by atomic mass is 10.1. The molecule has 138 valence electrons. The maximum atomic E-state index is 11.6. The van der Waals surface area contributed by atoms with Gasteiger partial charge in [-0.2, -0.15) is 0 Å². The Hall–Kier alpha value is -2.73. The summed E-state index contributed by atoms with van der Waals surface area (Å²) in [5.74, 6) is 2.04. The van der Waals surface area contributed by atoms with E-state index < -0.39 is 6.29 Å². The molecular weight excluding hydrogens is 332 g/mol. The zero-order valence-electron chi connectivity index (χ0n) is 15.0. The lowest BCUT2D eigenvalue weighted by Crippen LogP contribution is -2.35. The third-order valence-electron chi connectivity index (χ3n) is 4.17. The van der Waals surface area contributed by atoms with Crippen LogP contribution in [0.5, 0.6) is 17.2 Å². The maximum absolute atomic E-state index is 11.6. The Bertz CT molecular complexity index is 736. The fourth-order valence-electron chi connectivity index (χ4n) is 2.84. The van der Waals surface area contributed by atoms with Crippen molar-refractivity contribution in [3.63, 3.8) is 0 Å². The number of ether oxygens (including phenoxy) is 3. The SMILES string of the molecule is COc1cc(CNC2CCNC2=O)ccc1OC(C)Oc1ccccc1. The van der Waals surface area contributed by atoms with Gasteiger partial charge in [0.15, 0.2) is 11.5 Å². The number of hydrogen-bond donors (Lipinski definition) is 2. The molecule has 0 saturated carbocycles. The van der Waals surface area contributed by atoms with Gasteiger partial charge >= 0.3 is 0 Å². The third-order valence-corrected chi connectivity index (χ3v) is 4.17. The van der Waals surface area contributed by atoms with E-state index in [0.29, 0.717) is 18.0 Å². The van der Waals surface area contributed by atoms with E-state index in [1.54, 1.807) is 7.11 Å². The highest BCUT2D eigenvalue weighted by atomic mass is 16.7. The van der Waals surface area contributed by atoms with Gasteiger partial charge in [0.25, 0.3) is 0 Å². The number of rotatable bonds is 8. The lowest BCUT2D eigenvalue weighted by Gasteiger charge is -2.19. The van der Waals surface area contributed by atoms with Gasteiger partial charge < -0.3 is 24.8 Å². The van der Waals surface area contributed by atoms with Crippen LogP contribution in [-0.2, 0) is 11.3 Å². The summed E-state index contributed by atoms with van der Waals surface area (Å²) in [7, 11) is 1.60. The van der Waals surface area contributed by atoms with Crippen LogP contribution >= 0.6 is 0 Å². The summed E-state index contributed by atoms with van der Waals surface area (Å²) in [6, 6.07) is 15.1. The minimum Gasteiger partial charge on any atom is -0.493 e. The summed E-state index contributed by atoms with van der Waals surface area (Å²) < 4.78 is 17.0. The smallest absolute Gasteiger partial charge is 0.238 e. The number of hydrogen-bond acceptors (Lipinski definition) is 5. The van der Waals surface area contributed by atoms with E-state index in [1.165, 1.54) is 0 Å². The molecule has 0 spiro atoms. The van der Waals surface area contributed by atoms with E-state index in [0.717, 1.165) is 24.3 Å². The summed E-state index contributed by atoms with van der Waals surface area (Å²) in [6.45, 7) is 3.15. The highest BCUT2D eigenvalue weighted by Crippen LogP contribution is 2.29. The van der Waals surface area contributed by atoms with Gasteiger partial charge in [-0.05, 0) is 36.2 Å². The molecule has 26 heavy (non-hydrogen) atoms. The first-order valence-corrected chi connectivity index (χ1v) is 8.72. The molecule has 1 amide bonds. The predicted octanol–water partition coefficient (Wildman–Crippen LogP) is 2.48. The topological polar surface area (TPSA) is 68.8 Å². The number of methoxy groups -OCH3 is 1. The molecule has 2 N–H and O–H groups in total. The second kappa shape index (κ2) is 8.58. The monoisotopic (exact) mass is 356 g/mol. The average Bonchev–Trinajstić information content (AvgIpc) is 3.06. The van der Waals surface area contributed by atoms with Gasteiger partial charge in [-0.15, -0.1) is 0 Å². The first kappa shape index (κ1) is 18.1. The van der Waals surface area contributed by atoms with Crippen molar-refractivity contribution in [3.8, 4) is 17.2 Å². The van der Waals surface area contributed by atoms with Crippen molar-refractivity contribution in [1.29, 1.82) is 0 Å². The molecule has 1 aliphatic heterocycles. The molecule has 1 heterocycles. The van der Waals surface area contributed by atoms with Gasteiger partial charge in [-0.25, -0.2) is 0 Å². The molecule has 1 aliphatic rings. The lowest BCUT2D eigenvalue weighted by molar-refractivity contribution is -0.120. The van der Waals surface area contributed by atoms with Crippen molar-refractivity contribution in [2.45, 2.75) is 32.2 Å². The molecule has 1 fully saturated rings. The first-order valence-electron chi connectivity index (χ1n) is 8.72. The first-order chi connectivity index (χ1) is 12.7. The Kier molecular flexibility index (Phi) is 5.96. The Morgan fingerprint density at radius 3 is 2.65 bits per heavy atom. The molecule has 1 saturated heterocycles. The Balaban J connectivity index is 1.60. The molecule has 2 atom stereocenters. The highest BCUT2D eigenvalue weighted by molar-refractivity contribution is 5.83. The van der Waals surface area contributed by atoms with Gasteiger partial charge in [0.05, 0.1) is 13.2 Å². The van der Waals surface area contributed by atoms with Crippen molar-refractivity contribution in [2.75, 3.05) is 13.7 Å². The zero-order chi connectivity index (χ0) is 18.4. The Morgan fingerprint density at radius 2 is 1.96 bits per heavy atom. The van der Waals surface area contributed by atoms with E-state index in [4.69, 9.17) is 14.2 Å². The van der Waals surface area contributed by atoms with Crippen molar-refractivity contribution >= 4 is 5.91 Å². The molecule has 0 aromatic heterocycles. The van der Waals surface area contributed by atoms with Crippen molar-refractivity contribution in [2.24, 2.45) is 0 Å². The maximum Gasteiger partial charge on any atom is 0.238 e. The average molecular weight is 356 g/mol. The van der Waals surface area contributed by atoms with Crippen LogP contribution in [0.1, 0.15) is 18.9 Å². The van der Waals surface area contributed by atoms with E-state index in [1.807, 2.05) is 55.5 Å². The largest absolute Gasteiger partial charge is 0.493 e. The van der Waals surface area contributed by atoms with Crippen LogP contribution in [-0.4, -0.2) is 31.9 Å². The minimum absolute atomic E-state index is 0.0591. The molecule has 3 rings (SSSR count). The van der Waals surface area contributed by atoms with Crippen molar-refractivity contribution in [3.05, 3.63) is 54.1 Å². The number of para-hydroxylation sites is 1. The fourth-order valence-corrected chi connectivity index (χ4v) is 2.84. The van der Waals surface area contributed by atoms with E-state index in [9.17, 15) is 4.79 Å². The second-order valence-corrected chi connectivity index (χ2v) is 6.11.